The number of aryl methyl sites for hydroxylation is 1. The highest BCUT2D eigenvalue weighted by Gasteiger charge is 2.25. The molecule has 0 aliphatic heterocycles. The molecule has 0 heterocycles. The monoisotopic (exact) mass is 242 g/mol. The van der Waals surface area contributed by atoms with E-state index >= 15 is 0 Å². The summed E-state index contributed by atoms with van der Waals surface area (Å²) in [6, 6.07) is 6.88. The van der Waals surface area contributed by atoms with Crippen LogP contribution in [-0.4, -0.2) is 0 Å². The van der Waals surface area contributed by atoms with Crippen LogP contribution in [0.4, 0.5) is 0 Å². The normalized spacial score (nSPS) is 17.7. The summed E-state index contributed by atoms with van der Waals surface area (Å²) in [7, 11) is 0. The van der Waals surface area contributed by atoms with E-state index in [1.54, 1.807) is 16.7 Å². The average Bonchev–Trinajstić information content (AvgIpc) is 2.70. The Balaban J connectivity index is 2.36. The van der Waals surface area contributed by atoms with E-state index in [1.165, 1.54) is 44.1 Å². The van der Waals surface area contributed by atoms with Crippen molar-refractivity contribution in [3.05, 3.63) is 40.5 Å². The molecule has 2 rings (SSSR count). The van der Waals surface area contributed by atoms with Crippen LogP contribution in [0.2, 0.25) is 0 Å². The van der Waals surface area contributed by atoms with Gasteiger partial charge in [-0.05, 0) is 36.0 Å². The number of allylic oxidation sites excluding steroid dienone is 1. The topological polar surface area (TPSA) is 0 Å². The SMILES string of the molecule is CCCC1=Cc2cccc(CCC)c2C1CCC. The van der Waals surface area contributed by atoms with Crippen molar-refractivity contribution in [1.29, 1.82) is 0 Å². The molecule has 0 saturated heterocycles. The summed E-state index contributed by atoms with van der Waals surface area (Å²) in [4.78, 5) is 0. The van der Waals surface area contributed by atoms with Gasteiger partial charge in [0.05, 0.1) is 0 Å². The highest BCUT2D eigenvalue weighted by Crippen LogP contribution is 2.43. The van der Waals surface area contributed by atoms with Gasteiger partial charge in [0, 0.05) is 5.92 Å². The maximum absolute atomic E-state index is 2.47. The fourth-order valence-corrected chi connectivity index (χ4v) is 3.31. The Morgan fingerprint density at radius 2 is 1.72 bits per heavy atom. The standard InChI is InChI=1S/C18H26/c1-4-8-14-11-7-12-16-13-15(9-5-2)17(10-6-3)18(14)16/h7,11-13,17H,4-6,8-10H2,1-3H3. The summed E-state index contributed by atoms with van der Waals surface area (Å²) in [6.45, 7) is 6.88. The van der Waals surface area contributed by atoms with Gasteiger partial charge in [-0.1, -0.05) is 69.9 Å². The zero-order valence-corrected chi connectivity index (χ0v) is 12.1. The van der Waals surface area contributed by atoms with E-state index in [0.29, 0.717) is 5.92 Å². The lowest BCUT2D eigenvalue weighted by atomic mass is 9.85. The molecule has 0 aromatic heterocycles. The first-order chi connectivity index (χ1) is 8.81. The zero-order chi connectivity index (χ0) is 13.0. The van der Waals surface area contributed by atoms with Crippen LogP contribution in [0.25, 0.3) is 6.08 Å². The fraction of sp³-hybridized carbons (Fsp3) is 0.556. The first-order valence-electron chi connectivity index (χ1n) is 7.64. The lowest BCUT2D eigenvalue weighted by molar-refractivity contribution is 0.659. The molecule has 98 valence electrons. The number of hydrogen-bond acceptors (Lipinski definition) is 0. The van der Waals surface area contributed by atoms with Crippen LogP contribution in [0.5, 0.6) is 0 Å². The third-order valence-electron chi connectivity index (χ3n) is 4.00. The molecule has 0 radical (unpaired) electrons. The van der Waals surface area contributed by atoms with Gasteiger partial charge < -0.3 is 0 Å². The Morgan fingerprint density at radius 1 is 0.944 bits per heavy atom. The van der Waals surface area contributed by atoms with Crippen LogP contribution in [0.3, 0.4) is 0 Å². The molecule has 18 heavy (non-hydrogen) atoms. The van der Waals surface area contributed by atoms with Gasteiger partial charge in [-0.3, -0.25) is 0 Å². The van der Waals surface area contributed by atoms with E-state index in [1.807, 2.05) is 0 Å². The van der Waals surface area contributed by atoms with Crippen molar-refractivity contribution < 1.29 is 0 Å². The van der Waals surface area contributed by atoms with Crippen LogP contribution in [0.1, 0.15) is 75.5 Å². The van der Waals surface area contributed by atoms with Gasteiger partial charge in [-0.25, -0.2) is 0 Å². The van der Waals surface area contributed by atoms with Crippen molar-refractivity contribution in [2.24, 2.45) is 0 Å². The van der Waals surface area contributed by atoms with Crippen molar-refractivity contribution in [3.63, 3.8) is 0 Å². The molecule has 0 nitrogen and oxygen atoms in total. The highest BCUT2D eigenvalue weighted by atomic mass is 14.3. The van der Waals surface area contributed by atoms with Crippen LogP contribution in [0, 0.1) is 0 Å². The molecular formula is C18H26. The van der Waals surface area contributed by atoms with Gasteiger partial charge in [0.2, 0.25) is 0 Å². The Hall–Kier alpha value is -1.04. The third kappa shape index (κ3) is 2.53. The van der Waals surface area contributed by atoms with Gasteiger partial charge >= 0.3 is 0 Å². The Kier molecular flexibility index (Phi) is 4.63. The zero-order valence-electron chi connectivity index (χ0n) is 12.1. The summed E-state index contributed by atoms with van der Waals surface area (Å²) >= 11 is 0. The Bertz CT molecular complexity index is 426. The fourth-order valence-electron chi connectivity index (χ4n) is 3.31. The molecule has 0 bridgehead atoms. The Labute approximate surface area is 112 Å². The molecule has 0 fully saturated rings. The second-order valence-electron chi connectivity index (χ2n) is 5.48. The molecule has 1 aliphatic carbocycles. The Morgan fingerprint density at radius 3 is 2.39 bits per heavy atom. The minimum atomic E-state index is 0.715. The molecule has 1 aliphatic rings. The molecule has 1 aromatic rings. The number of hydrogen-bond donors (Lipinski definition) is 0. The molecule has 1 aromatic carbocycles. The highest BCUT2D eigenvalue weighted by molar-refractivity contribution is 5.68. The van der Waals surface area contributed by atoms with Crippen molar-refractivity contribution >= 4 is 6.08 Å². The summed E-state index contributed by atoms with van der Waals surface area (Å²) in [5.74, 6) is 0.715. The molecule has 0 heteroatoms. The van der Waals surface area contributed by atoms with Gasteiger partial charge in [0.15, 0.2) is 0 Å². The van der Waals surface area contributed by atoms with Gasteiger partial charge in [0.1, 0.15) is 0 Å². The van der Waals surface area contributed by atoms with Crippen molar-refractivity contribution in [1.82, 2.24) is 0 Å². The largest absolute Gasteiger partial charge is 0.0653 e. The number of rotatable bonds is 6. The minimum absolute atomic E-state index is 0.715. The van der Waals surface area contributed by atoms with E-state index in [2.05, 4.69) is 45.0 Å². The second kappa shape index (κ2) is 6.22. The van der Waals surface area contributed by atoms with Gasteiger partial charge in [0.25, 0.3) is 0 Å². The smallest absolute Gasteiger partial charge is 0.00600 e. The summed E-state index contributed by atoms with van der Waals surface area (Å²) in [5, 5.41) is 0. The first-order valence-corrected chi connectivity index (χ1v) is 7.64. The van der Waals surface area contributed by atoms with E-state index in [-0.39, 0.29) is 0 Å². The molecule has 1 atom stereocenters. The number of benzene rings is 1. The first kappa shape index (κ1) is 13.4. The van der Waals surface area contributed by atoms with Crippen LogP contribution in [-0.2, 0) is 6.42 Å². The molecule has 0 N–H and O–H groups in total. The molecule has 0 saturated carbocycles. The van der Waals surface area contributed by atoms with Crippen molar-refractivity contribution in [3.8, 4) is 0 Å². The summed E-state index contributed by atoms with van der Waals surface area (Å²) in [5.41, 5.74) is 6.43. The maximum atomic E-state index is 2.47. The lowest BCUT2D eigenvalue weighted by Crippen LogP contribution is -2.03. The van der Waals surface area contributed by atoms with Crippen LogP contribution < -0.4 is 0 Å². The lowest BCUT2D eigenvalue weighted by Gasteiger charge is -2.19. The predicted octanol–water partition coefficient (Wildman–Crippen LogP) is 5.72. The van der Waals surface area contributed by atoms with E-state index < -0.39 is 0 Å². The van der Waals surface area contributed by atoms with Crippen LogP contribution >= 0.6 is 0 Å². The third-order valence-corrected chi connectivity index (χ3v) is 4.00. The molecule has 1 unspecified atom stereocenters. The molecule has 0 spiro atoms. The van der Waals surface area contributed by atoms with Crippen molar-refractivity contribution in [2.75, 3.05) is 0 Å². The van der Waals surface area contributed by atoms with Gasteiger partial charge in [-0.15, -0.1) is 0 Å². The molecule has 0 amide bonds. The summed E-state index contributed by atoms with van der Waals surface area (Å²) in [6.07, 6.45) is 10.1. The maximum Gasteiger partial charge on any atom is 0.00600 e. The van der Waals surface area contributed by atoms with E-state index in [4.69, 9.17) is 0 Å². The summed E-state index contributed by atoms with van der Waals surface area (Å²) < 4.78 is 0. The minimum Gasteiger partial charge on any atom is -0.0653 e. The van der Waals surface area contributed by atoms with E-state index in [9.17, 15) is 0 Å². The quantitative estimate of drug-likeness (QED) is 0.598. The predicted molar refractivity (Wildman–Crippen MR) is 81.0 cm³/mol. The number of fused-ring (bicyclic) bond motifs is 1. The van der Waals surface area contributed by atoms with Crippen molar-refractivity contribution in [2.45, 2.75) is 65.2 Å². The van der Waals surface area contributed by atoms with E-state index in [0.717, 1.165) is 0 Å². The van der Waals surface area contributed by atoms with Gasteiger partial charge in [-0.2, -0.15) is 0 Å². The second-order valence-corrected chi connectivity index (χ2v) is 5.48. The van der Waals surface area contributed by atoms with Crippen LogP contribution in [0.15, 0.2) is 23.8 Å². The average molecular weight is 242 g/mol. The molecular weight excluding hydrogens is 216 g/mol.